The molecule has 0 saturated carbocycles. The Bertz CT molecular complexity index is 1350. The van der Waals surface area contributed by atoms with Crippen molar-refractivity contribution >= 4 is 46.5 Å². The van der Waals surface area contributed by atoms with Crippen LogP contribution in [0.5, 0.6) is 0 Å². The number of aliphatic carboxylic acids is 1. The summed E-state index contributed by atoms with van der Waals surface area (Å²) in [4.78, 5) is 62.8. The van der Waals surface area contributed by atoms with Crippen LogP contribution in [-0.2, 0) is 25.6 Å². The lowest BCUT2D eigenvalue weighted by atomic mass is 9.96. The number of carbonyl (C=O) groups is 4. The molecule has 0 spiro atoms. The van der Waals surface area contributed by atoms with Gasteiger partial charge in [0.15, 0.2) is 11.9 Å². The number of carboxylic acids is 1. The number of fused-ring (bicyclic) bond motifs is 1. The molecule has 1 heterocycles. The molecule has 5 unspecified atom stereocenters. The Kier molecular flexibility index (Phi) is 14.6. The molecule has 0 aliphatic rings. The van der Waals surface area contributed by atoms with Crippen LogP contribution in [0.2, 0.25) is 0 Å². The van der Waals surface area contributed by atoms with E-state index >= 15 is 0 Å². The second-order valence-electron chi connectivity index (χ2n) is 10.9. The second-order valence-corrected chi connectivity index (χ2v) is 10.9. The van der Waals surface area contributed by atoms with Crippen molar-refractivity contribution in [2.24, 2.45) is 44.6 Å². The van der Waals surface area contributed by atoms with Gasteiger partial charge in [0, 0.05) is 30.2 Å². The highest BCUT2D eigenvalue weighted by Gasteiger charge is 2.32. The number of guanidine groups is 2. The number of aromatic amines is 1. The molecule has 0 fully saturated rings. The van der Waals surface area contributed by atoms with Gasteiger partial charge in [-0.3, -0.25) is 24.4 Å². The molecule has 15 N–H and O–H groups in total. The number of hydrogen-bond donors (Lipinski definition) is 10. The number of hydrogen-bond acceptors (Lipinski definition) is 7. The SMILES string of the molecule is CCC(C)C(NC(=O)C(CCCN=C(N)N)NC(=O)C(N)Cc1c[nH]c2ccccc12)C(=O)NC(CCCN=C(N)N)C(=O)O. The maximum absolute atomic E-state index is 13.6. The molecule has 0 aliphatic heterocycles. The van der Waals surface area contributed by atoms with Crippen molar-refractivity contribution < 1.29 is 24.3 Å². The van der Waals surface area contributed by atoms with Gasteiger partial charge in [-0.1, -0.05) is 38.5 Å². The summed E-state index contributed by atoms with van der Waals surface area (Å²) in [5, 5.41) is 18.5. The molecule has 0 radical (unpaired) electrons. The summed E-state index contributed by atoms with van der Waals surface area (Å²) >= 11 is 0. The number of amides is 3. The van der Waals surface area contributed by atoms with Crippen LogP contribution in [0, 0.1) is 5.92 Å². The fourth-order valence-electron chi connectivity index (χ4n) is 4.66. The van der Waals surface area contributed by atoms with Crippen LogP contribution >= 0.6 is 0 Å². The number of nitrogens with one attached hydrogen (secondary N) is 4. The van der Waals surface area contributed by atoms with E-state index in [2.05, 4.69) is 30.9 Å². The van der Waals surface area contributed by atoms with Gasteiger partial charge < -0.3 is 54.7 Å². The number of H-pyrrole nitrogens is 1. The lowest BCUT2D eigenvalue weighted by Crippen LogP contribution is -2.58. The average molecular weight is 630 g/mol. The molecule has 0 saturated heterocycles. The van der Waals surface area contributed by atoms with Crippen molar-refractivity contribution in [3.63, 3.8) is 0 Å². The van der Waals surface area contributed by atoms with E-state index in [1.165, 1.54) is 0 Å². The second kappa shape index (κ2) is 18.1. The molecule has 2 aromatic rings. The van der Waals surface area contributed by atoms with Crippen molar-refractivity contribution in [1.29, 1.82) is 0 Å². The van der Waals surface area contributed by atoms with Gasteiger partial charge in [-0.25, -0.2) is 4.79 Å². The van der Waals surface area contributed by atoms with Gasteiger partial charge >= 0.3 is 5.97 Å². The maximum Gasteiger partial charge on any atom is 0.326 e. The normalized spacial score (nSPS) is 14.3. The minimum atomic E-state index is -1.24. The zero-order valence-electron chi connectivity index (χ0n) is 25.8. The van der Waals surface area contributed by atoms with E-state index in [1.54, 1.807) is 13.1 Å². The molecule has 2 rings (SSSR count). The number of aliphatic imine (C=N–C) groups is 2. The quantitative estimate of drug-likeness (QED) is 0.0499. The van der Waals surface area contributed by atoms with Crippen LogP contribution in [0.4, 0.5) is 0 Å². The molecule has 248 valence electrons. The largest absolute Gasteiger partial charge is 0.480 e. The lowest BCUT2D eigenvalue weighted by Gasteiger charge is -2.28. The predicted molar refractivity (Wildman–Crippen MR) is 173 cm³/mol. The predicted octanol–water partition coefficient (Wildman–Crippen LogP) is -1.27. The van der Waals surface area contributed by atoms with Gasteiger partial charge in [0.05, 0.1) is 6.04 Å². The third-order valence-electron chi connectivity index (χ3n) is 7.38. The maximum atomic E-state index is 13.6. The minimum absolute atomic E-state index is 0.0663. The highest BCUT2D eigenvalue weighted by molar-refractivity contribution is 5.94. The van der Waals surface area contributed by atoms with Crippen molar-refractivity contribution in [1.82, 2.24) is 20.9 Å². The third-order valence-corrected chi connectivity index (χ3v) is 7.38. The van der Waals surface area contributed by atoms with E-state index in [0.717, 1.165) is 16.5 Å². The first-order valence-electron chi connectivity index (χ1n) is 14.9. The van der Waals surface area contributed by atoms with E-state index in [0.29, 0.717) is 19.3 Å². The third kappa shape index (κ3) is 12.0. The Morgan fingerprint density at radius 3 is 2.02 bits per heavy atom. The summed E-state index contributed by atoms with van der Waals surface area (Å²) in [5.74, 6) is -3.70. The van der Waals surface area contributed by atoms with E-state index in [-0.39, 0.29) is 50.2 Å². The fraction of sp³-hybridized carbons (Fsp3) is 0.517. The Labute approximate surface area is 262 Å². The molecular weight excluding hydrogens is 582 g/mol. The van der Waals surface area contributed by atoms with Crippen molar-refractivity contribution in [3.8, 4) is 0 Å². The molecule has 16 heteroatoms. The van der Waals surface area contributed by atoms with E-state index in [9.17, 15) is 24.3 Å². The summed E-state index contributed by atoms with van der Waals surface area (Å²) in [6.45, 7) is 3.98. The van der Waals surface area contributed by atoms with Gasteiger partial charge in [0.2, 0.25) is 17.7 Å². The first-order chi connectivity index (χ1) is 21.3. The topological polar surface area (TPSA) is 295 Å². The standard InChI is InChI=1S/C29H47N11O5/c1-3-16(2)23(26(43)39-22(27(44)45)11-7-13-36-29(33)34)40-25(42)21(10-6-12-35-28(31)32)38-24(41)19(30)14-17-15-37-20-9-5-4-8-18(17)20/h4-5,8-9,15-16,19,21-23,37H,3,6-7,10-14,30H2,1-2H3,(H,38,41)(H,39,43)(H,40,42)(H,44,45)(H4,31,32,35)(H4,33,34,36). The van der Waals surface area contributed by atoms with Crippen molar-refractivity contribution in [2.75, 3.05) is 13.1 Å². The van der Waals surface area contributed by atoms with Crippen LogP contribution in [0.3, 0.4) is 0 Å². The molecule has 1 aromatic carbocycles. The van der Waals surface area contributed by atoms with Crippen LogP contribution < -0.4 is 44.6 Å². The van der Waals surface area contributed by atoms with Gasteiger partial charge in [0.25, 0.3) is 0 Å². The van der Waals surface area contributed by atoms with E-state index in [4.69, 9.17) is 28.7 Å². The number of nitrogens with zero attached hydrogens (tertiary/aromatic N) is 2. The van der Waals surface area contributed by atoms with Gasteiger partial charge in [-0.15, -0.1) is 0 Å². The first kappa shape index (κ1) is 36.3. The average Bonchev–Trinajstić information content (AvgIpc) is 3.40. The minimum Gasteiger partial charge on any atom is -0.480 e. The summed E-state index contributed by atoms with van der Waals surface area (Å²) in [6.07, 6.45) is 3.36. The van der Waals surface area contributed by atoms with Gasteiger partial charge in [-0.05, 0) is 49.7 Å². The number of nitrogens with two attached hydrogens (primary N) is 5. The number of aromatic nitrogens is 1. The summed E-state index contributed by atoms with van der Waals surface area (Å²) < 4.78 is 0. The fourth-order valence-corrected chi connectivity index (χ4v) is 4.66. The van der Waals surface area contributed by atoms with E-state index in [1.807, 2.05) is 31.2 Å². The Morgan fingerprint density at radius 1 is 0.867 bits per heavy atom. The molecule has 45 heavy (non-hydrogen) atoms. The summed E-state index contributed by atoms with van der Waals surface area (Å²) in [5.41, 5.74) is 29.4. The zero-order chi connectivity index (χ0) is 33.5. The van der Waals surface area contributed by atoms with Gasteiger partial charge in [0.1, 0.15) is 18.1 Å². The lowest BCUT2D eigenvalue weighted by molar-refractivity contribution is -0.143. The van der Waals surface area contributed by atoms with Crippen LogP contribution in [0.1, 0.15) is 51.5 Å². The van der Waals surface area contributed by atoms with Crippen LogP contribution in [-0.4, -0.2) is 83.0 Å². The highest BCUT2D eigenvalue weighted by atomic mass is 16.4. The molecule has 16 nitrogen and oxygen atoms in total. The molecular formula is C29H47N11O5. The van der Waals surface area contributed by atoms with E-state index < -0.39 is 47.9 Å². The number of carboxylic acid groups (broad SMARTS) is 1. The van der Waals surface area contributed by atoms with Crippen LogP contribution in [0.15, 0.2) is 40.4 Å². The highest BCUT2D eigenvalue weighted by Crippen LogP contribution is 2.19. The van der Waals surface area contributed by atoms with Crippen molar-refractivity contribution in [3.05, 3.63) is 36.0 Å². The molecule has 0 bridgehead atoms. The number of benzene rings is 1. The van der Waals surface area contributed by atoms with Gasteiger partial charge in [-0.2, -0.15) is 0 Å². The first-order valence-corrected chi connectivity index (χ1v) is 14.9. The molecule has 0 aliphatic carbocycles. The van der Waals surface area contributed by atoms with Crippen LogP contribution in [0.25, 0.3) is 10.9 Å². The zero-order valence-corrected chi connectivity index (χ0v) is 25.8. The number of carbonyl (C=O) groups excluding carboxylic acids is 3. The number of rotatable bonds is 19. The molecule has 1 aromatic heterocycles. The van der Waals surface area contributed by atoms with Crippen molar-refractivity contribution in [2.45, 2.75) is 76.5 Å². The summed E-state index contributed by atoms with van der Waals surface area (Å²) in [7, 11) is 0. The smallest absolute Gasteiger partial charge is 0.326 e. The Balaban J connectivity index is 2.17. The molecule has 3 amide bonds. The Morgan fingerprint density at radius 2 is 1.44 bits per heavy atom. The summed E-state index contributed by atoms with van der Waals surface area (Å²) in [6, 6.07) is 3.26. The molecule has 5 atom stereocenters. The monoisotopic (exact) mass is 629 g/mol. The number of para-hydroxylation sites is 1. The Hall–Kier alpha value is -4.86.